The number of guanidine groups is 2. The molecule has 8 heteroatoms. The Kier molecular flexibility index (Phi) is 7.16. The average molecular weight is 572 g/mol. The molecule has 5 rings (SSSR count). The molecule has 5 aliphatic rings. The third-order valence-corrected chi connectivity index (χ3v) is 15.0. The van der Waals surface area contributed by atoms with Gasteiger partial charge in [-0.05, 0) is 121 Å². The predicted octanol–water partition coefficient (Wildman–Crippen LogP) is 5.94. The highest BCUT2D eigenvalue weighted by atomic mass is 16.7. The molecule has 0 saturated heterocycles. The monoisotopic (exact) mass is 571 g/mol. The number of carbonyl (C=O) groups is 1. The number of nitrogens with two attached hydrogens (primary N) is 1. The Morgan fingerprint density at radius 2 is 1.54 bits per heavy atom. The average Bonchev–Trinajstić information content (AvgIpc) is 2.88. The zero-order valence-electron chi connectivity index (χ0n) is 26.9. The third kappa shape index (κ3) is 4.11. The minimum Gasteiger partial charge on any atom is -0.378 e. The fourth-order valence-electron chi connectivity index (χ4n) is 12.3. The summed E-state index contributed by atoms with van der Waals surface area (Å²) in [6.07, 6.45) is 10.6. The predicted molar refractivity (Wildman–Crippen MR) is 162 cm³/mol. The molecule has 232 valence electrons. The summed E-state index contributed by atoms with van der Waals surface area (Å²) < 4.78 is 0. The molecule has 0 amide bonds. The van der Waals surface area contributed by atoms with E-state index in [1.165, 1.54) is 25.7 Å². The van der Waals surface area contributed by atoms with Crippen molar-refractivity contribution in [1.29, 1.82) is 10.8 Å². The molecule has 0 bridgehead atoms. The number of hydrogen-bond donors (Lipinski definition) is 6. The summed E-state index contributed by atoms with van der Waals surface area (Å²) in [6, 6.07) is 0. The Balaban J connectivity index is 1.53. The smallest absolute Gasteiger partial charge is 0.364 e. The third-order valence-electron chi connectivity index (χ3n) is 15.0. The summed E-state index contributed by atoms with van der Waals surface area (Å²) in [5.74, 6) is 1.67. The van der Waals surface area contributed by atoms with Gasteiger partial charge in [-0.25, -0.2) is 4.79 Å². The SMILES string of the molecule is C[C@@H]1[C@H]2[C@H]3CC[C@@H]4[C@]5(C)[C@@H](CC[C@@]4(C)[C@]3(C)CC[C@@]2(C)CC[C@H]1C)C(C)(C)CCC5(O)C(=O)ONC(=N)NC(=N)N. The van der Waals surface area contributed by atoms with E-state index in [-0.39, 0.29) is 28.1 Å². The number of hydrogen-bond acceptors (Lipinski definition) is 5. The van der Waals surface area contributed by atoms with Gasteiger partial charge in [-0.3, -0.25) is 16.1 Å². The van der Waals surface area contributed by atoms with E-state index in [1.54, 1.807) is 0 Å². The summed E-state index contributed by atoms with van der Waals surface area (Å²) in [5, 5.41) is 30.1. The van der Waals surface area contributed by atoms with E-state index in [9.17, 15) is 9.90 Å². The van der Waals surface area contributed by atoms with E-state index in [4.69, 9.17) is 21.4 Å². The van der Waals surface area contributed by atoms with Crippen LogP contribution in [0.1, 0.15) is 120 Å². The van der Waals surface area contributed by atoms with Crippen LogP contribution < -0.4 is 16.5 Å². The highest BCUT2D eigenvalue weighted by molar-refractivity contribution is 5.95. The molecule has 8 nitrogen and oxygen atoms in total. The van der Waals surface area contributed by atoms with Crippen LogP contribution in [0, 0.1) is 73.4 Å². The van der Waals surface area contributed by atoms with E-state index >= 15 is 0 Å². The molecule has 0 aromatic carbocycles. The van der Waals surface area contributed by atoms with Gasteiger partial charge >= 0.3 is 5.97 Å². The maximum atomic E-state index is 13.9. The topological polar surface area (TPSA) is 144 Å². The van der Waals surface area contributed by atoms with Crippen LogP contribution in [-0.4, -0.2) is 28.6 Å². The molecule has 0 spiro atoms. The summed E-state index contributed by atoms with van der Waals surface area (Å²) >= 11 is 0. The molecule has 5 saturated carbocycles. The van der Waals surface area contributed by atoms with Crippen LogP contribution in [0.2, 0.25) is 0 Å². The van der Waals surface area contributed by atoms with Crippen molar-refractivity contribution >= 4 is 17.9 Å². The lowest BCUT2D eigenvalue weighted by atomic mass is 9.30. The quantitative estimate of drug-likeness (QED) is 0.131. The Morgan fingerprint density at radius 3 is 2.20 bits per heavy atom. The maximum Gasteiger partial charge on any atom is 0.364 e. The first kappa shape index (κ1) is 30.6. The van der Waals surface area contributed by atoms with Gasteiger partial charge < -0.3 is 15.7 Å². The lowest BCUT2D eigenvalue weighted by Gasteiger charge is -2.75. The van der Waals surface area contributed by atoms with Gasteiger partial charge in [0.25, 0.3) is 0 Å². The highest BCUT2D eigenvalue weighted by Crippen LogP contribution is 2.78. The van der Waals surface area contributed by atoms with Gasteiger partial charge in [0.2, 0.25) is 5.96 Å². The summed E-state index contributed by atoms with van der Waals surface area (Å²) in [4.78, 5) is 19.3. The number of rotatable bonds is 1. The first-order chi connectivity index (χ1) is 18.9. The van der Waals surface area contributed by atoms with Gasteiger partial charge in [0.1, 0.15) is 0 Å². The number of nitrogens with one attached hydrogen (secondary N) is 4. The van der Waals surface area contributed by atoms with Gasteiger partial charge in [-0.2, -0.15) is 5.48 Å². The molecule has 0 aliphatic heterocycles. The van der Waals surface area contributed by atoms with Crippen LogP contribution in [0.25, 0.3) is 0 Å². The standard InChI is InChI=1S/C33H57N5O3/c1-19-11-13-29(5)16-17-30(6)21(24(29)20(19)2)9-10-23-31(30,7)14-12-22-28(3,4)15-18-33(40,32(22,23)8)25(39)41-38-27(36)37-26(34)35/h19-24,40H,9-18H2,1-8H3,(H6,34,35,36,37,38)/t19-,20+,21-,22+,23+,24+,29-,30-,31-,32+,33?/m1/s1. The second-order valence-electron chi connectivity index (χ2n) is 16.8. The highest BCUT2D eigenvalue weighted by Gasteiger charge is 2.75. The van der Waals surface area contributed by atoms with Crippen LogP contribution in [0.3, 0.4) is 0 Å². The first-order valence-corrected chi connectivity index (χ1v) is 16.3. The molecule has 11 atom stereocenters. The summed E-state index contributed by atoms with van der Waals surface area (Å²) in [7, 11) is 0. The Labute approximate surface area is 247 Å². The van der Waals surface area contributed by atoms with E-state index < -0.39 is 28.9 Å². The van der Waals surface area contributed by atoms with Crippen LogP contribution in [0.5, 0.6) is 0 Å². The number of fused-ring (bicyclic) bond motifs is 7. The van der Waals surface area contributed by atoms with Crippen LogP contribution >= 0.6 is 0 Å². The Morgan fingerprint density at radius 1 is 0.854 bits per heavy atom. The zero-order chi connectivity index (χ0) is 30.4. The Bertz CT molecular complexity index is 1110. The van der Waals surface area contributed by atoms with E-state index in [1.807, 2.05) is 0 Å². The second kappa shape index (κ2) is 9.59. The minimum atomic E-state index is -1.68. The fourth-order valence-corrected chi connectivity index (χ4v) is 12.3. The van der Waals surface area contributed by atoms with Crippen molar-refractivity contribution in [2.45, 2.75) is 125 Å². The number of carbonyl (C=O) groups excluding carboxylic acids is 1. The Hall–Kier alpha value is -1.83. The number of hydroxylamine groups is 1. The molecular formula is C33H57N5O3. The lowest BCUT2D eigenvalue weighted by Crippen LogP contribution is -2.73. The molecule has 5 aliphatic carbocycles. The largest absolute Gasteiger partial charge is 0.378 e. The normalized spacial score (nSPS) is 50.2. The van der Waals surface area contributed by atoms with Gasteiger partial charge in [0.15, 0.2) is 11.6 Å². The van der Waals surface area contributed by atoms with Crippen molar-refractivity contribution in [1.82, 2.24) is 10.8 Å². The van der Waals surface area contributed by atoms with Crippen molar-refractivity contribution in [3.8, 4) is 0 Å². The van der Waals surface area contributed by atoms with Crippen LogP contribution in [0.15, 0.2) is 0 Å². The molecule has 1 unspecified atom stereocenters. The molecule has 0 radical (unpaired) electrons. The zero-order valence-corrected chi connectivity index (χ0v) is 26.9. The van der Waals surface area contributed by atoms with Crippen LogP contribution in [0.4, 0.5) is 0 Å². The molecule has 41 heavy (non-hydrogen) atoms. The summed E-state index contributed by atoms with van der Waals surface area (Å²) in [5.41, 5.74) is 5.83. The number of aliphatic hydroxyl groups is 1. The molecule has 0 aromatic rings. The van der Waals surface area contributed by atoms with Crippen LogP contribution in [-0.2, 0) is 9.63 Å². The van der Waals surface area contributed by atoms with E-state index in [2.05, 4.69) is 66.2 Å². The fraction of sp³-hybridized carbons (Fsp3) is 0.909. The summed E-state index contributed by atoms with van der Waals surface area (Å²) in [6.45, 7) is 19.5. The van der Waals surface area contributed by atoms with Crippen molar-refractivity contribution in [2.75, 3.05) is 0 Å². The van der Waals surface area contributed by atoms with Crippen molar-refractivity contribution in [3.05, 3.63) is 0 Å². The van der Waals surface area contributed by atoms with Crippen molar-refractivity contribution < 1.29 is 14.7 Å². The molecule has 5 fully saturated rings. The molecular weight excluding hydrogens is 514 g/mol. The van der Waals surface area contributed by atoms with Crippen molar-refractivity contribution in [3.63, 3.8) is 0 Å². The molecule has 0 heterocycles. The van der Waals surface area contributed by atoms with E-state index in [0.717, 1.165) is 49.9 Å². The molecule has 7 N–H and O–H groups in total. The van der Waals surface area contributed by atoms with Gasteiger partial charge in [-0.15, -0.1) is 0 Å². The lowest BCUT2D eigenvalue weighted by molar-refractivity contribution is -0.292. The minimum absolute atomic E-state index is 0.000897. The van der Waals surface area contributed by atoms with Crippen molar-refractivity contribution in [2.24, 2.45) is 68.3 Å². The van der Waals surface area contributed by atoms with E-state index in [0.29, 0.717) is 17.8 Å². The van der Waals surface area contributed by atoms with Gasteiger partial charge in [0, 0.05) is 5.41 Å². The maximum absolute atomic E-state index is 13.9. The first-order valence-electron chi connectivity index (χ1n) is 16.3. The van der Waals surface area contributed by atoms with Gasteiger partial charge in [0.05, 0.1) is 0 Å². The van der Waals surface area contributed by atoms with Gasteiger partial charge in [-0.1, -0.05) is 55.4 Å². The molecule has 0 aromatic heterocycles. The second-order valence-corrected chi connectivity index (χ2v) is 16.8.